The highest BCUT2D eigenvalue weighted by molar-refractivity contribution is 5.95. The van der Waals surface area contributed by atoms with Crippen LogP contribution < -0.4 is 5.32 Å². The van der Waals surface area contributed by atoms with Gasteiger partial charge in [-0.3, -0.25) is 14.9 Å². The Balaban J connectivity index is 1.56. The largest absolute Gasteiger partial charge is 0.457 e. The molecule has 1 aliphatic carbocycles. The Morgan fingerprint density at radius 2 is 1.88 bits per heavy atom. The number of nitro benzene ring substituents is 1. The number of benzene rings is 2. The van der Waals surface area contributed by atoms with Crippen LogP contribution in [0.3, 0.4) is 0 Å². The summed E-state index contributed by atoms with van der Waals surface area (Å²) in [6.45, 7) is -0.0549. The predicted octanol–water partition coefficient (Wildman–Crippen LogP) is 3.30. The Kier molecular flexibility index (Phi) is 4.74. The number of hydrogen-bond donors (Lipinski definition) is 1. The Hall–Kier alpha value is -3.22. The van der Waals surface area contributed by atoms with Gasteiger partial charge in [0.25, 0.3) is 5.69 Å². The second kappa shape index (κ2) is 7.12. The van der Waals surface area contributed by atoms with Crippen molar-refractivity contribution < 1.29 is 19.2 Å². The number of nitrogens with zero attached hydrogens (tertiary/aromatic N) is 1. The molecule has 1 saturated carbocycles. The molecule has 1 amide bonds. The molecule has 0 atom stereocenters. The highest BCUT2D eigenvalue weighted by atomic mass is 16.6. The lowest BCUT2D eigenvalue weighted by molar-refractivity contribution is -0.384. The maximum absolute atomic E-state index is 12.0. The molecule has 0 radical (unpaired) electrons. The fourth-order valence-corrected chi connectivity index (χ4v) is 2.27. The number of nitrogens with one attached hydrogen (secondary N) is 1. The molecular weight excluding hydrogens is 324 g/mol. The van der Waals surface area contributed by atoms with Gasteiger partial charge in [-0.25, -0.2) is 4.79 Å². The van der Waals surface area contributed by atoms with Crippen molar-refractivity contribution in [3.63, 3.8) is 0 Å². The summed E-state index contributed by atoms with van der Waals surface area (Å²) in [7, 11) is 0. The summed E-state index contributed by atoms with van der Waals surface area (Å²) in [5.41, 5.74) is 1.46. The van der Waals surface area contributed by atoms with Gasteiger partial charge in [0.2, 0.25) is 5.91 Å². The van der Waals surface area contributed by atoms with Crippen LogP contribution in [0, 0.1) is 16.0 Å². The van der Waals surface area contributed by atoms with E-state index in [0.29, 0.717) is 16.8 Å². The molecule has 3 rings (SSSR count). The number of carbonyl (C=O) groups is 2. The Morgan fingerprint density at radius 1 is 1.16 bits per heavy atom. The van der Waals surface area contributed by atoms with Crippen LogP contribution in [0.5, 0.6) is 0 Å². The number of amides is 1. The molecule has 7 nitrogen and oxygen atoms in total. The van der Waals surface area contributed by atoms with Crippen LogP contribution in [0.1, 0.15) is 28.8 Å². The number of hydrogen-bond acceptors (Lipinski definition) is 5. The second-order valence-electron chi connectivity index (χ2n) is 5.84. The van der Waals surface area contributed by atoms with Crippen LogP contribution in [0.2, 0.25) is 0 Å². The van der Waals surface area contributed by atoms with Crippen LogP contribution in [0.4, 0.5) is 11.4 Å². The fraction of sp³-hybridized carbons (Fsp3) is 0.222. The first-order chi connectivity index (χ1) is 12.0. The predicted molar refractivity (Wildman–Crippen MR) is 90.0 cm³/mol. The zero-order valence-electron chi connectivity index (χ0n) is 13.3. The van der Waals surface area contributed by atoms with Crippen molar-refractivity contribution in [1.29, 1.82) is 0 Å². The molecule has 0 aromatic heterocycles. The van der Waals surface area contributed by atoms with Gasteiger partial charge in [0, 0.05) is 23.7 Å². The Morgan fingerprint density at radius 3 is 2.52 bits per heavy atom. The SMILES string of the molecule is O=C(OCc1cccc([N+](=O)[O-])c1)c1ccc(NC(=O)C2CC2)cc1. The highest BCUT2D eigenvalue weighted by Crippen LogP contribution is 2.30. The maximum Gasteiger partial charge on any atom is 0.338 e. The molecule has 2 aromatic carbocycles. The van der Waals surface area contributed by atoms with Crippen molar-refractivity contribution in [2.75, 3.05) is 5.32 Å². The van der Waals surface area contributed by atoms with Crippen LogP contribution in [-0.2, 0) is 16.1 Å². The summed E-state index contributed by atoms with van der Waals surface area (Å²) >= 11 is 0. The van der Waals surface area contributed by atoms with Crippen molar-refractivity contribution in [1.82, 2.24) is 0 Å². The van der Waals surface area contributed by atoms with Crippen molar-refractivity contribution in [2.24, 2.45) is 5.92 Å². The fourth-order valence-electron chi connectivity index (χ4n) is 2.27. The minimum Gasteiger partial charge on any atom is -0.457 e. The van der Waals surface area contributed by atoms with E-state index in [4.69, 9.17) is 4.74 Å². The lowest BCUT2D eigenvalue weighted by Crippen LogP contribution is -2.13. The minimum atomic E-state index is -0.536. The summed E-state index contributed by atoms with van der Waals surface area (Å²) in [6.07, 6.45) is 1.85. The average molecular weight is 340 g/mol. The number of nitro groups is 1. The molecule has 1 N–H and O–H groups in total. The first kappa shape index (κ1) is 16.6. The number of ether oxygens (including phenoxy) is 1. The summed E-state index contributed by atoms with van der Waals surface area (Å²) in [5, 5.41) is 13.5. The van der Waals surface area contributed by atoms with Gasteiger partial charge in [0.05, 0.1) is 10.5 Å². The van der Waals surface area contributed by atoms with Gasteiger partial charge in [-0.2, -0.15) is 0 Å². The smallest absolute Gasteiger partial charge is 0.338 e. The van der Waals surface area contributed by atoms with E-state index in [-0.39, 0.29) is 24.1 Å². The van der Waals surface area contributed by atoms with Gasteiger partial charge in [0.1, 0.15) is 6.61 Å². The van der Waals surface area contributed by atoms with Gasteiger partial charge in [0.15, 0.2) is 0 Å². The zero-order valence-corrected chi connectivity index (χ0v) is 13.3. The van der Waals surface area contributed by atoms with Crippen molar-refractivity contribution in [3.05, 3.63) is 69.8 Å². The number of rotatable bonds is 6. The maximum atomic E-state index is 12.0. The molecule has 0 heterocycles. The summed E-state index contributed by atoms with van der Waals surface area (Å²) in [5.74, 6) is -0.424. The van der Waals surface area contributed by atoms with E-state index in [2.05, 4.69) is 5.32 Å². The first-order valence-electron chi connectivity index (χ1n) is 7.84. The molecule has 0 aliphatic heterocycles. The number of carbonyl (C=O) groups excluding carboxylic acids is 2. The molecule has 25 heavy (non-hydrogen) atoms. The van der Waals surface area contributed by atoms with E-state index in [1.165, 1.54) is 12.1 Å². The van der Waals surface area contributed by atoms with E-state index in [0.717, 1.165) is 12.8 Å². The molecule has 128 valence electrons. The lowest BCUT2D eigenvalue weighted by atomic mass is 10.2. The van der Waals surface area contributed by atoms with E-state index in [9.17, 15) is 19.7 Å². The molecule has 1 fully saturated rings. The molecule has 0 unspecified atom stereocenters. The van der Waals surface area contributed by atoms with Gasteiger partial charge >= 0.3 is 5.97 Å². The number of esters is 1. The standard InChI is InChI=1S/C18H16N2O5/c21-17(13-4-5-13)19-15-8-6-14(7-9-15)18(22)25-11-12-2-1-3-16(10-12)20(23)24/h1-3,6-10,13H,4-5,11H2,(H,19,21). The quantitative estimate of drug-likeness (QED) is 0.494. The minimum absolute atomic E-state index is 0.000924. The van der Waals surface area contributed by atoms with Crippen LogP contribution in [0.25, 0.3) is 0 Å². The molecule has 0 spiro atoms. The van der Waals surface area contributed by atoms with Gasteiger partial charge in [-0.1, -0.05) is 12.1 Å². The summed E-state index contributed by atoms with van der Waals surface area (Å²) in [6, 6.07) is 12.4. The van der Waals surface area contributed by atoms with Crippen LogP contribution in [0.15, 0.2) is 48.5 Å². The molecule has 0 bridgehead atoms. The average Bonchev–Trinajstić information content (AvgIpc) is 3.46. The Labute approximate surface area is 143 Å². The van der Waals surface area contributed by atoms with E-state index in [1.54, 1.807) is 36.4 Å². The normalized spacial score (nSPS) is 13.1. The molecule has 7 heteroatoms. The van der Waals surface area contributed by atoms with Crippen molar-refractivity contribution in [3.8, 4) is 0 Å². The zero-order chi connectivity index (χ0) is 17.8. The third kappa shape index (κ3) is 4.41. The lowest BCUT2D eigenvalue weighted by Gasteiger charge is -2.07. The molecular formula is C18H16N2O5. The van der Waals surface area contributed by atoms with E-state index < -0.39 is 10.9 Å². The molecule has 2 aromatic rings. The third-order valence-corrected chi connectivity index (χ3v) is 3.83. The van der Waals surface area contributed by atoms with Gasteiger partial charge in [-0.15, -0.1) is 0 Å². The van der Waals surface area contributed by atoms with Crippen molar-refractivity contribution >= 4 is 23.3 Å². The van der Waals surface area contributed by atoms with Crippen molar-refractivity contribution in [2.45, 2.75) is 19.4 Å². The third-order valence-electron chi connectivity index (χ3n) is 3.83. The van der Waals surface area contributed by atoms with Crippen LogP contribution in [-0.4, -0.2) is 16.8 Å². The van der Waals surface area contributed by atoms with Crippen LogP contribution >= 0.6 is 0 Å². The number of non-ortho nitro benzene ring substituents is 1. The summed E-state index contributed by atoms with van der Waals surface area (Å²) in [4.78, 5) is 34.0. The summed E-state index contributed by atoms with van der Waals surface area (Å²) < 4.78 is 5.17. The van der Waals surface area contributed by atoms with Gasteiger partial charge < -0.3 is 10.1 Å². The topological polar surface area (TPSA) is 98.5 Å². The van der Waals surface area contributed by atoms with Gasteiger partial charge in [-0.05, 0) is 42.7 Å². The first-order valence-corrected chi connectivity index (χ1v) is 7.84. The molecule has 1 aliphatic rings. The number of anilines is 1. The highest BCUT2D eigenvalue weighted by Gasteiger charge is 2.29. The monoisotopic (exact) mass is 340 g/mol. The Bertz CT molecular complexity index is 812. The second-order valence-corrected chi connectivity index (χ2v) is 5.84. The van der Waals surface area contributed by atoms with E-state index in [1.807, 2.05) is 0 Å². The van der Waals surface area contributed by atoms with E-state index >= 15 is 0 Å². The molecule has 0 saturated heterocycles.